The van der Waals surface area contributed by atoms with Gasteiger partial charge in [0.15, 0.2) is 12.7 Å². The number of hydrogen-bond acceptors (Lipinski definition) is 11. The second kappa shape index (κ2) is 9.01. The number of hydrogen-bond donors (Lipinski definition) is 7. The van der Waals surface area contributed by atoms with E-state index in [1.54, 1.807) is 0 Å². The molecule has 2 aromatic rings. The largest absolute Gasteiger partial charge is 0.364 e. The maximum atomic E-state index is 9.72. The molecule has 0 aliphatic carbocycles. The van der Waals surface area contributed by atoms with Crippen LogP contribution in [-0.2, 0) is 22.8 Å². The van der Waals surface area contributed by atoms with Gasteiger partial charge in [0.2, 0.25) is 12.8 Å². The maximum absolute atomic E-state index is 9.72. The van der Waals surface area contributed by atoms with Gasteiger partial charge in [0.25, 0.3) is 0 Å². The lowest BCUT2D eigenvalue weighted by molar-refractivity contribution is -0.248. The van der Waals surface area contributed by atoms with Crippen molar-refractivity contribution in [3.8, 4) is 0 Å². The molecular weight excluding hydrogens is 394 g/mol. The van der Waals surface area contributed by atoms with Gasteiger partial charge in [0.1, 0.15) is 0 Å². The summed E-state index contributed by atoms with van der Waals surface area (Å²) in [5, 5.41) is 45.4. The Balaban J connectivity index is 1.36. The molecule has 8 N–H and O–H groups in total. The fraction of sp³-hybridized carbons (Fsp3) is 0.368. The number of aliphatic hydroxyl groups is 4. The van der Waals surface area contributed by atoms with Crippen LogP contribution in [0.4, 0.5) is 0 Å². The summed E-state index contributed by atoms with van der Waals surface area (Å²) in [6, 6.07) is 14.8. The minimum Gasteiger partial charge on any atom is -0.364 e. The average Bonchev–Trinajstić information content (AvgIpc) is 3.21. The van der Waals surface area contributed by atoms with Crippen LogP contribution in [0.5, 0.6) is 0 Å². The third-order valence-electron chi connectivity index (χ3n) is 4.95. The highest BCUT2D eigenvalue weighted by Gasteiger charge is 2.30. The summed E-state index contributed by atoms with van der Waals surface area (Å²) in [5.41, 5.74) is 9.99. The summed E-state index contributed by atoms with van der Waals surface area (Å²) in [7, 11) is 0. The molecule has 2 aliphatic rings. The number of benzene rings is 2. The molecule has 2 heterocycles. The number of rotatable bonds is 6. The first kappa shape index (κ1) is 21.2. The monoisotopic (exact) mass is 419 g/mol. The van der Waals surface area contributed by atoms with Gasteiger partial charge in [-0.3, -0.25) is 0 Å². The summed E-state index contributed by atoms with van der Waals surface area (Å²) >= 11 is 0. The molecule has 2 aliphatic heterocycles. The highest BCUT2D eigenvalue weighted by molar-refractivity contribution is 5.34. The van der Waals surface area contributed by atoms with Crippen LogP contribution in [-0.4, -0.2) is 56.1 Å². The molecular formula is C19H25N5O6. The van der Waals surface area contributed by atoms with Gasteiger partial charge in [-0.15, -0.1) is 10.1 Å². The highest BCUT2D eigenvalue weighted by atomic mass is 16.8. The normalized spacial score (nSPS) is 28.8. The zero-order valence-electron chi connectivity index (χ0n) is 16.0. The van der Waals surface area contributed by atoms with Crippen LogP contribution < -0.4 is 16.4 Å². The van der Waals surface area contributed by atoms with E-state index in [1.807, 2.05) is 48.5 Å². The molecule has 162 valence electrons. The standard InChI is InChI=1S/C19H25N5O6/c20-15(13-5-1-11(2-6-13)9-23-16(25)21-18(27)29-23)14-7-3-12(4-8-14)10-24-17(26)22-19(28)30-24/h1-8,15-19,21-22,25-28H,9-10,20H2. The Bertz CT molecular complexity index is 769. The number of hydroxylamine groups is 4. The zero-order chi connectivity index (χ0) is 21.3. The van der Waals surface area contributed by atoms with Crippen LogP contribution in [0, 0.1) is 0 Å². The summed E-state index contributed by atoms with van der Waals surface area (Å²) < 4.78 is 0. The van der Waals surface area contributed by atoms with Gasteiger partial charge in [-0.1, -0.05) is 48.5 Å². The molecule has 11 nitrogen and oxygen atoms in total. The van der Waals surface area contributed by atoms with Gasteiger partial charge in [-0.05, 0) is 22.3 Å². The smallest absolute Gasteiger partial charge is 0.235 e. The van der Waals surface area contributed by atoms with Crippen molar-refractivity contribution >= 4 is 0 Å². The van der Waals surface area contributed by atoms with Gasteiger partial charge in [0.05, 0.1) is 19.1 Å². The molecule has 0 amide bonds. The van der Waals surface area contributed by atoms with E-state index in [0.29, 0.717) is 13.1 Å². The summed E-state index contributed by atoms with van der Waals surface area (Å²) in [4.78, 5) is 10.1. The molecule has 0 bridgehead atoms. The maximum Gasteiger partial charge on any atom is 0.235 e. The van der Waals surface area contributed by atoms with Crippen LogP contribution in [0.3, 0.4) is 0 Å². The molecule has 0 aromatic heterocycles. The van der Waals surface area contributed by atoms with Crippen LogP contribution in [0.15, 0.2) is 48.5 Å². The first-order valence-electron chi connectivity index (χ1n) is 9.43. The number of nitrogens with two attached hydrogens (primary N) is 1. The first-order valence-corrected chi connectivity index (χ1v) is 9.43. The van der Waals surface area contributed by atoms with Gasteiger partial charge in [-0.25, -0.2) is 20.3 Å². The topological polar surface area (TPSA) is 156 Å². The predicted molar refractivity (Wildman–Crippen MR) is 102 cm³/mol. The fourth-order valence-electron chi connectivity index (χ4n) is 3.31. The quantitative estimate of drug-likeness (QED) is 0.293. The van der Waals surface area contributed by atoms with Gasteiger partial charge in [0, 0.05) is 0 Å². The summed E-state index contributed by atoms with van der Waals surface area (Å²) in [6.07, 6.45) is -4.60. The molecule has 4 unspecified atom stereocenters. The Morgan fingerprint density at radius 2 is 1.10 bits per heavy atom. The molecule has 30 heavy (non-hydrogen) atoms. The lowest BCUT2D eigenvalue weighted by Gasteiger charge is -2.19. The SMILES string of the molecule is NC(c1ccc(CN2OC(O)NC2O)cc1)c1ccc(CN2OC(O)NC2O)cc1. The second-order valence-corrected chi connectivity index (χ2v) is 7.11. The highest BCUT2D eigenvalue weighted by Crippen LogP contribution is 2.22. The minimum atomic E-state index is -1.22. The van der Waals surface area contributed by atoms with Gasteiger partial charge in [-0.2, -0.15) is 0 Å². The van der Waals surface area contributed by atoms with Crippen molar-refractivity contribution in [2.75, 3.05) is 0 Å². The van der Waals surface area contributed by atoms with E-state index in [9.17, 15) is 20.4 Å². The lowest BCUT2D eigenvalue weighted by atomic mass is 9.97. The van der Waals surface area contributed by atoms with E-state index < -0.39 is 25.5 Å². The van der Waals surface area contributed by atoms with E-state index in [2.05, 4.69) is 10.6 Å². The van der Waals surface area contributed by atoms with E-state index in [4.69, 9.17) is 15.4 Å². The Morgan fingerprint density at radius 3 is 1.40 bits per heavy atom. The number of nitrogens with one attached hydrogen (secondary N) is 2. The Labute approximate surface area is 172 Å². The molecule has 2 fully saturated rings. The van der Waals surface area contributed by atoms with E-state index in [0.717, 1.165) is 22.3 Å². The molecule has 2 saturated heterocycles. The van der Waals surface area contributed by atoms with Gasteiger partial charge >= 0.3 is 0 Å². The van der Waals surface area contributed by atoms with Gasteiger partial charge < -0.3 is 26.2 Å². The van der Waals surface area contributed by atoms with Crippen molar-refractivity contribution in [2.45, 2.75) is 44.7 Å². The zero-order valence-corrected chi connectivity index (χ0v) is 16.0. The van der Waals surface area contributed by atoms with Crippen LogP contribution in [0.25, 0.3) is 0 Å². The number of nitrogens with zero attached hydrogens (tertiary/aromatic N) is 2. The Morgan fingerprint density at radius 1 is 0.733 bits per heavy atom. The minimum absolute atomic E-state index is 0.295. The molecule has 4 rings (SSSR count). The predicted octanol–water partition coefficient (Wildman–Crippen LogP) is -1.49. The molecule has 0 spiro atoms. The lowest BCUT2D eigenvalue weighted by Crippen LogP contribution is -2.35. The van der Waals surface area contributed by atoms with Crippen molar-refractivity contribution in [1.29, 1.82) is 0 Å². The molecule has 0 saturated carbocycles. The second-order valence-electron chi connectivity index (χ2n) is 7.11. The van der Waals surface area contributed by atoms with E-state index in [-0.39, 0.29) is 6.04 Å². The number of aliphatic hydroxyl groups excluding tert-OH is 4. The van der Waals surface area contributed by atoms with Crippen LogP contribution >= 0.6 is 0 Å². The van der Waals surface area contributed by atoms with Crippen molar-refractivity contribution < 1.29 is 30.1 Å². The van der Waals surface area contributed by atoms with Crippen molar-refractivity contribution in [2.24, 2.45) is 5.73 Å². The molecule has 2 aromatic carbocycles. The molecule has 4 atom stereocenters. The van der Waals surface area contributed by atoms with Crippen LogP contribution in [0.1, 0.15) is 28.3 Å². The Kier molecular flexibility index (Phi) is 6.38. The summed E-state index contributed by atoms with van der Waals surface area (Å²) in [5.74, 6) is 0. The first-order chi connectivity index (χ1) is 14.4. The van der Waals surface area contributed by atoms with E-state index in [1.165, 1.54) is 10.1 Å². The van der Waals surface area contributed by atoms with E-state index >= 15 is 0 Å². The molecule has 11 heteroatoms. The van der Waals surface area contributed by atoms with Crippen molar-refractivity contribution in [3.05, 3.63) is 70.8 Å². The molecule has 0 radical (unpaired) electrons. The fourth-order valence-corrected chi connectivity index (χ4v) is 3.31. The average molecular weight is 419 g/mol. The summed E-state index contributed by atoms with van der Waals surface area (Å²) in [6.45, 7) is 0.590. The van der Waals surface area contributed by atoms with Crippen molar-refractivity contribution in [1.82, 2.24) is 20.8 Å². The third kappa shape index (κ3) is 4.83. The van der Waals surface area contributed by atoms with Crippen LogP contribution in [0.2, 0.25) is 0 Å². The third-order valence-corrected chi connectivity index (χ3v) is 4.95. The van der Waals surface area contributed by atoms with Crippen molar-refractivity contribution in [3.63, 3.8) is 0 Å². The Hall–Kier alpha value is -2.00.